The summed E-state index contributed by atoms with van der Waals surface area (Å²) >= 11 is 1.58. The van der Waals surface area contributed by atoms with Gasteiger partial charge in [0.25, 0.3) is 0 Å². The van der Waals surface area contributed by atoms with Crippen LogP contribution in [0.2, 0.25) is 0 Å². The summed E-state index contributed by atoms with van der Waals surface area (Å²) in [5, 5.41) is 12.4. The van der Waals surface area contributed by atoms with Crippen molar-refractivity contribution in [1.29, 1.82) is 5.26 Å². The maximum atomic E-state index is 13.0. The molecule has 0 bridgehead atoms. The van der Waals surface area contributed by atoms with Gasteiger partial charge in [-0.05, 0) is 44.5 Å². The van der Waals surface area contributed by atoms with Crippen molar-refractivity contribution in [2.24, 2.45) is 0 Å². The Labute approximate surface area is 113 Å². The zero-order valence-corrected chi connectivity index (χ0v) is 11.7. The molecule has 0 heterocycles. The van der Waals surface area contributed by atoms with Crippen LogP contribution in [0.15, 0.2) is 29.2 Å². The molecule has 0 aromatic heterocycles. The quantitative estimate of drug-likeness (QED) is 0.766. The molecule has 0 aliphatic heterocycles. The van der Waals surface area contributed by atoms with E-state index in [1.807, 2.05) is 13.0 Å². The molecular formula is C14H19FN2S. The van der Waals surface area contributed by atoms with Gasteiger partial charge in [-0.15, -0.1) is 11.8 Å². The molecule has 0 fully saturated rings. The van der Waals surface area contributed by atoms with E-state index >= 15 is 0 Å². The molecule has 0 aliphatic carbocycles. The summed E-state index contributed by atoms with van der Waals surface area (Å²) in [6, 6.07) is 8.86. The predicted molar refractivity (Wildman–Crippen MR) is 74.1 cm³/mol. The first-order valence-corrected chi connectivity index (χ1v) is 7.13. The molecule has 2 nitrogen and oxygen atoms in total. The number of thioether (sulfide) groups is 1. The van der Waals surface area contributed by atoms with E-state index in [-0.39, 0.29) is 5.82 Å². The van der Waals surface area contributed by atoms with Crippen LogP contribution in [0.3, 0.4) is 0 Å². The first kappa shape index (κ1) is 15.0. The summed E-state index contributed by atoms with van der Waals surface area (Å²) in [6.45, 7) is 4.83. The third-order valence-electron chi connectivity index (χ3n) is 2.68. The van der Waals surface area contributed by atoms with E-state index in [9.17, 15) is 9.65 Å². The van der Waals surface area contributed by atoms with Gasteiger partial charge in [0, 0.05) is 10.6 Å². The average molecular weight is 266 g/mol. The molecule has 4 heteroatoms. The Kier molecular flexibility index (Phi) is 6.17. The molecule has 1 atom stereocenters. The van der Waals surface area contributed by atoms with Crippen molar-refractivity contribution in [3.8, 4) is 6.07 Å². The minimum Gasteiger partial charge on any atom is -0.300 e. The average Bonchev–Trinajstić information content (AvgIpc) is 2.36. The number of hydrogen-bond acceptors (Lipinski definition) is 3. The Morgan fingerprint density at radius 3 is 2.89 bits per heavy atom. The van der Waals surface area contributed by atoms with Crippen LogP contribution >= 0.6 is 11.8 Å². The van der Waals surface area contributed by atoms with E-state index < -0.39 is 5.54 Å². The highest BCUT2D eigenvalue weighted by Gasteiger charge is 2.21. The predicted octanol–water partition coefficient (Wildman–Crippen LogP) is 3.59. The number of nitrogens with one attached hydrogen (secondary N) is 1. The maximum absolute atomic E-state index is 13.0. The smallest absolute Gasteiger partial charge is 0.124 e. The Morgan fingerprint density at radius 1 is 1.50 bits per heavy atom. The van der Waals surface area contributed by atoms with Gasteiger partial charge in [-0.1, -0.05) is 13.0 Å². The lowest BCUT2D eigenvalue weighted by molar-refractivity contribution is 0.437. The minimum atomic E-state index is -0.490. The van der Waals surface area contributed by atoms with Crippen molar-refractivity contribution in [2.45, 2.75) is 37.1 Å². The molecule has 0 amide bonds. The van der Waals surface area contributed by atoms with Crippen molar-refractivity contribution < 1.29 is 4.39 Å². The molecule has 0 aliphatic rings. The number of benzene rings is 1. The zero-order chi connectivity index (χ0) is 13.4. The van der Waals surface area contributed by atoms with E-state index in [0.717, 1.165) is 30.0 Å². The van der Waals surface area contributed by atoms with Gasteiger partial charge >= 0.3 is 0 Å². The van der Waals surface area contributed by atoms with Gasteiger partial charge in [0.1, 0.15) is 11.4 Å². The van der Waals surface area contributed by atoms with Crippen LogP contribution in [0.4, 0.5) is 4.39 Å². The third kappa shape index (κ3) is 5.07. The monoisotopic (exact) mass is 266 g/mol. The fourth-order valence-electron chi connectivity index (χ4n) is 1.51. The SMILES string of the molecule is CCCNC(C)(C#N)CCSc1cccc(F)c1. The number of halogens is 1. The van der Waals surface area contributed by atoms with Crippen LogP contribution in [0.1, 0.15) is 26.7 Å². The van der Waals surface area contributed by atoms with E-state index in [1.165, 1.54) is 12.1 Å². The first-order chi connectivity index (χ1) is 8.59. The summed E-state index contributed by atoms with van der Waals surface area (Å²) in [5.74, 6) is 0.580. The maximum Gasteiger partial charge on any atom is 0.124 e. The summed E-state index contributed by atoms with van der Waals surface area (Å²) in [7, 11) is 0. The van der Waals surface area contributed by atoms with Crippen molar-refractivity contribution >= 4 is 11.8 Å². The summed E-state index contributed by atoms with van der Waals surface area (Å²) in [4.78, 5) is 0.908. The molecule has 18 heavy (non-hydrogen) atoms. The Hall–Kier alpha value is -1.05. The van der Waals surface area contributed by atoms with Gasteiger partial charge in [0.15, 0.2) is 0 Å². The van der Waals surface area contributed by atoms with E-state index in [0.29, 0.717) is 0 Å². The molecule has 1 rings (SSSR count). The molecule has 1 N–H and O–H groups in total. The Morgan fingerprint density at radius 2 is 2.28 bits per heavy atom. The number of hydrogen-bond donors (Lipinski definition) is 1. The van der Waals surface area contributed by atoms with E-state index in [2.05, 4.69) is 18.3 Å². The second-order valence-electron chi connectivity index (χ2n) is 4.43. The zero-order valence-electron chi connectivity index (χ0n) is 10.9. The minimum absolute atomic E-state index is 0.216. The molecular weight excluding hydrogens is 247 g/mol. The summed E-state index contributed by atoms with van der Waals surface area (Å²) in [6.07, 6.45) is 1.75. The standard InChI is InChI=1S/C14H19FN2S/c1-3-8-17-14(2,11-16)7-9-18-13-6-4-5-12(15)10-13/h4-6,10,17H,3,7-9H2,1-2H3. The van der Waals surface area contributed by atoms with Gasteiger partial charge in [0.2, 0.25) is 0 Å². The highest BCUT2D eigenvalue weighted by Crippen LogP contribution is 2.22. The van der Waals surface area contributed by atoms with Crippen molar-refractivity contribution in [3.05, 3.63) is 30.1 Å². The van der Waals surface area contributed by atoms with Crippen LogP contribution in [-0.4, -0.2) is 17.8 Å². The summed E-state index contributed by atoms with van der Waals surface area (Å²) in [5.41, 5.74) is -0.490. The fourth-order valence-corrected chi connectivity index (χ4v) is 2.63. The second kappa shape index (κ2) is 7.40. The van der Waals surface area contributed by atoms with Gasteiger partial charge in [-0.25, -0.2) is 4.39 Å². The molecule has 0 radical (unpaired) electrons. The summed E-state index contributed by atoms with van der Waals surface area (Å²) < 4.78 is 13.0. The van der Waals surface area contributed by atoms with Crippen LogP contribution < -0.4 is 5.32 Å². The van der Waals surface area contributed by atoms with Crippen LogP contribution in [0.5, 0.6) is 0 Å². The van der Waals surface area contributed by atoms with Crippen LogP contribution in [-0.2, 0) is 0 Å². The van der Waals surface area contributed by atoms with Gasteiger partial charge < -0.3 is 0 Å². The first-order valence-electron chi connectivity index (χ1n) is 6.14. The fraction of sp³-hybridized carbons (Fsp3) is 0.500. The lowest BCUT2D eigenvalue weighted by Gasteiger charge is -2.22. The van der Waals surface area contributed by atoms with Crippen molar-refractivity contribution in [3.63, 3.8) is 0 Å². The van der Waals surface area contributed by atoms with Gasteiger partial charge in [-0.2, -0.15) is 5.26 Å². The third-order valence-corrected chi connectivity index (χ3v) is 3.67. The molecule has 0 saturated carbocycles. The second-order valence-corrected chi connectivity index (χ2v) is 5.59. The molecule has 0 saturated heterocycles. The highest BCUT2D eigenvalue weighted by atomic mass is 32.2. The molecule has 98 valence electrons. The van der Waals surface area contributed by atoms with Gasteiger partial charge in [-0.3, -0.25) is 5.32 Å². The number of rotatable bonds is 7. The van der Waals surface area contributed by atoms with Crippen LogP contribution in [0, 0.1) is 17.1 Å². The van der Waals surface area contributed by atoms with E-state index in [4.69, 9.17) is 0 Å². The molecule has 1 aromatic carbocycles. The van der Waals surface area contributed by atoms with Crippen molar-refractivity contribution in [2.75, 3.05) is 12.3 Å². The van der Waals surface area contributed by atoms with Gasteiger partial charge in [0.05, 0.1) is 6.07 Å². The number of nitrogens with zero attached hydrogens (tertiary/aromatic N) is 1. The molecule has 1 aromatic rings. The van der Waals surface area contributed by atoms with E-state index in [1.54, 1.807) is 17.8 Å². The van der Waals surface area contributed by atoms with Crippen LogP contribution in [0.25, 0.3) is 0 Å². The normalized spacial score (nSPS) is 13.9. The Bertz CT molecular complexity index is 417. The topological polar surface area (TPSA) is 35.8 Å². The largest absolute Gasteiger partial charge is 0.300 e. The number of nitriles is 1. The molecule has 1 unspecified atom stereocenters. The highest BCUT2D eigenvalue weighted by molar-refractivity contribution is 7.99. The lowest BCUT2D eigenvalue weighted by atomic mass is 10.0. The van der Waals surface area contributed by atoms with Crippen molar-refractivity contribution in [1.82, 2.24) is 5.32 Å². The molecule has 0 spiro atoms. The Balaban J connectivity index is 2.42. The lowest BCUT2D eigenvalue weighted by Crippen LogP contribution is -2.41.